The van der Waals surface area contributed by atoms with Gasteiger partial charge in [-0.25, -0.2) is 4.39 Å². The minimum Gasteiger partial charge on any atom is -0.343 e. The third-order valence-electron chi connectivity index (χ3n) is 4.11. The van der Waals surface area contributed by atoms with Gasteiger partial charge in [-0.3, -0.25) is 9.59 Å². The van der Waals surface area contributed by atoms with Crippen LogP contribution in [0.5, 0.6) is 0 Å². The average molecular weight is 362 g/mol. The van der Waals surface area contributed by atoms with Crippen LogP contribution in [0.2, 0.25) is 5.02 Å². The Morgan fingerprint density at radius 3 is 2.83 bits per heavy atom. The molecule has 1 aromatic rings. The van der Waals surface area contributed by atoms with E-state index in [0.29, 0.717) is 18.7 Å². The molecule has 2 amide bonds. The van der Waals surface area contributed by atoms with E-state index < -0.39 is 11.9 Å². The van der Waals surface area contributed by atoms with Crippen molar-refractivity contribution in [3.63, 3.8) is 0 Å². The van der Waals surface area contributed by atoms with Gasteiger partial charge in [0.1, 0.15) is 11.9 Å². The molecule has 0 spiro atoms. The lowest BCUT2D eigenvalue weighted by Crippen LogP contribution is -2.48. The number of benzene rings is 1. The number of anilines is 1. The van der Waals surface area contributed by atoms with Gasteiger partial charge in [-0.15, -0.1) is 12.4 Å². The first-order valence-electron chi connectivity index (χ1n) is 7.36. The lowest BCUT2D eigenvalue weighted by molar-refractivity contribution is -0.127. The van der Waals surface area contributed by atoms with Gasteiger partial charge in [0.2, 0.25) is 11.8 Å². The van der Waals surface area contributed by atoms with E-state index in [0.717, 1.165) is 19.4 Å². The Balaban J connectivity index is 0.00000192. The SMILES string of the molecule is Cl.O=C(NC1CCN(c2ccc(F)c(Cl)c2)C1=O)C1CCCN1. The standard InChI is InChI=1S/C15H17ClFN3O2.ClH/c16-10-8-9(3-4-11(10)17)20-7-5-13(15(20)22)19-14(21)12-2-1-6-18-12;/h3-4,8,12-13,18H,1-2,5-7H2,(H,19,21);1H. The molecule has 5 nitrogen and oxygen atoms in total. The molecule has 2 aliphatic heterocycles. The second-order valence-electron chi connectivity index (χ2n) is 5.59. The van der Waals surface area contributed by atoms with E-state index in [4.69, 9.17) is 11.6 Å². The first-order valence-corrected chi connectivity index (χ1v) is 7.74. The zero-order chi connectivity index (χ0) is 15.7. The van der Waals surface area contributed by atoms with Crippen molar-refractivity contribution in [3.05, 3.63) is 29.0 Å². The van der Waals surface area contributed by atoms with Crippen molar-refractivity contribution in [1.82, 2.24) is 10.6 Å². The van der Waals surface area contributed by atoms with Gasteiger partial charge in [-0.2, -0.15) is 0 Å². The van der Waals surface area contributed by atoms with E-state index in [9.17, 15) is 14.0 Å². The van der Waals surface area contributed by atoms with Crippen LogP contribution in [-0.4, -0.2) is 37.0 Å². The minimum atomic E-state index is -0.529. The smallest absolute Gasteiger partial charge is 0.249 e. The Morgan fingerprint density at radius 2 is 2.17 bits per heavy atom. The third kappa shape index (κ3) is 3.76. The number of halogens is 3. The lowest BCUT2D eigenvalue weighted by atomic mass is 10.2. The second kappa shape index (κ2) is 7.47. The molecule has 0 bridgehead atoms. The van der Waals surface area contributed by atoms with Gasteiger partial charge in [-0.1, -0.05) is 11.6 Å². The summed E-state index contributed by atoms with van der Waals surface area (Å²) < 4.78 is 13.2. The highest BCUT2D eigenvalue weighted by atomic mass is 35.5. The van der Waals surface area contributed by atoms with Gasteiger partial charge in [0, 0.05) is 12.2 Å². The Hall–Kier alpha value is -1.37. The van der Waals surface area contributed by atoms with Gasteiger partial charge >= 0.3 is 0 Å². The van der Waals surface area contributed by atoms with Gasteiger partial charge in [0.25, 0.3) is 0 Å². The number of carbonyl (C=O) groups excluding carboxylic acids is 2. The van der Waals surface area contributed by atoms with Crippen molar-refractivity contribution >= 4 is 41.5 Å². The predicted molar refractivity (Wildman–Crippen MR) is 88.6 cm³/mol. The number of nitrogens with zero attached hydrogens (tertiary/aromatic N) is 1. The minimum absolute atomic E-state index is 0. The van der Waals surface area contributed by atoms with Gasteiger partial charge in [-0.05, 0) is 44.0 Å². The van der Waals surface area contributed by atoms with Crippen LogP contribution in [0, 0.1) is 5.82 Å². The highest BCUT2D eigenvalue weighted by molar-refractivity contribution is 6.31. The molecule has 3 rings (SSSR count). The Kier molecular flexibility index (Phi) is 5.84. The normalized spacial score (nSPS) is 23.7. The molecule has 126 valence electrons. The Morgan fingerprint density at radius 1 is 1.39 bits per heavy atom. The summed E-state index contributed by atoms with van der Waals surface area (Å²) >= 11 is 5.76. The molecule has 2 N–H and O–H groups in total. The fraction of sp³-hybridized carbons (Fsp3) is 0.467. The molecule has 2 unspecified atom stereocenters. The number of hydrogen-bond acceptors (Lipinski definition) is 3. The summed E-state index contributed by atoms with van der Waals surface area (Å²) in [6.45, 7) is 1.31. The first-order chi connectivity index (χ1) is 10.6. The van der Waals surface area contributed by atoms with E-state index >= 15 is 0 Å². The van der Waals surface area contributed by atoms with Crippen LogP contribution in [0.3, 0.4) is 0 Å². The number of nitrogens with one attached hydrogen (secondary N) is 2. The Bertz CT molecular complexity index is 608. The van der Waals surface area contributed by atoms with E-state index in [1.165, 1.54) is 23.1 Å². The maximum absolute atomic E-state index is 13.2. The zero-order valence-electron chi connectivity index (χ0n) is 12.4. The number of rotatable bonds is 3. The third-order valence-corrected chi connectivity index (χ3v) is 4.40. The summed E-state index contributed by atoms with van der Waals surface area (Å²) in [4.78, 5) is 26.0. The molecule has 0 aromatic heterocycles. The van der Waals surface area contributed by atoms with Crippen LogP contribution in [0.15, 0.2) is 18.2 Å². The molecular formula is C15H18Cl2FN3O2. The summed E-state index contributed by atoms with van der Waals surface area (Å²) in [6.07, 6.45) is 2.30. The number of amides is 2. The van der Waals surface area contributed by atoms with E-state index in [1.54, 1.807) is 0 Å². The summed E-state index contributed by atoms with van der Waals surface area (Å²) in [5.41, 5.74) is 0.548. The molecule has 1 aromatic carbocycles. The van der Waals surface area contributed by atoms with Gasteiger partial charge in [0.05, 0.1) is 11.1 Å². The maximum atomic E-state index is 13.2. The monoisotopic (exact) mass is 361 g/mol. The van der Waals surface area contributed by atoms with Crippen LogP contribution >= 0.6 is 24.0 Å². The average Bonchev–Trinajstić information content (AvgIpc) is 3.13. The summed E-state index contributed by atoms with van der Waals surface area (Å²) in [5.74, 6) is -0.835. The molecule has 0 aliphatic carbocycles. The summed E-state index contributed by atoms with van der Waals surface area (Å²) in [7, 11) is 0. The Labute approximate surface area is 145 Å². The van der Waals surface area contributed by atoms with Gasteiger partial charge in [0.15, 0.2) is 0 Å². The molecule has 2 aliphatic rings. The molecular weight excluding hydrogens is 344 g/mol. The van der Waals surface area contributed by atoms with Crippen LogP contribution in [-0.2, 0) is 9.59 Å². The van der Waals surface area contributed by atoms with E-state index in [-0.39, 0.29) is 35.3 Å². The highest BCUT2D eigenvalue weighted by Gasteiger charge is 2.35. The van der Waals surface area contributed by atoms with Crippen LogP contribution in [0.4, 0.5) is 10.1 Å². The van der Waals surface area contributed by atoms with Crippen LogP contribution in [0.25, 0.3) is 0 Å². The van der Waals surface area contributed by atoms with Crippen molar-refractivity contribution in [2.24, 2.45) is 0 Å². The molecule has 2 fully saturated rings. The van der Waals surface area contributed by atoms with Crippen LogP contribution < -0.4 is 15.5 Å². The fourth-order valence-electron chi connectivity index (χ4n) is 2.90. The molecule has 2 saturated heterocycles. The lowest BCUT2D eigenvalue weighted by Gasteiger charge is -2.18. The van der Waals surface area contributed by atoms with Crippen molar-refractivity contribution in [3.8, 4) is 0 Å². The summed E-state index contributed by atoms with van der Waals surface area (Å²) in [5, 5.41) is 5.88. The summed E-state index contributed by atoms with van der Waals surface area (Å²) in [6, 6.07) is 3.44. The largest absolute Gasteiger partial charge is 0.343 e. The predicted octanol–water partition coefficient (Wildman–Crippen LogP) is 1.87. The van der Waals surface area contributed by atoms with E-state index in [2.05, 4.69) is 10.6 Å². The van der Waals surface area contributed by atoms with Crippen molar-refractivity contribution in [1.29, 1.82) is 0 Å². The quantitative estimate of drug-likeness (QED) is 0.863. The molecule has 0 saturated carbocycles. The maximum Gasteiger partial charge on any atom is 0.249 e. The van der Waals surface area contributed by atoms with Crippen LogP contribution in [0.1, 0.15) is 19.3 Å². The second-order valence-corrected chi connectivity index (χ2v) is 5.99. The van der Waals surface area contributed by atoms with E-state index in [1.807, 2.05) is 0 Å². The number of carbonyl (C=O) groups is 2. The zero-order valence-corrected chi connectivity index (χ0v) is 13.9. The molecule has 0 radical (unpaired) electrons. The molecule has 8 heteroatoms. The first kappa shape index (κ1) is 18.0. The molecule has 2 heterocycles. The fourth-order valence-corrected chi connectivity index (χ4v) is 3.08. The number of hydrogen-bond donors (Lipinski definition) is 2. The highest BCUT2D eigenvalue weighted by Crippen LogP contribution is 2.26. The van der Waals surface area contributed by atoms with Gasteiger partial charge < -0.3 is 15.5 Å². The van der Waals surface area contributed by atoms with Crippen molar-refractivity contribution in [2.45, 2.75) is 31.3 Å². The topological polar surface area (TPSA) is 61.4 Å². The molecule has 23 heavy (non-hydrogen) atoms. The van der Waals surface area contributed by atoms with Crippen molar-refractivity contribution in [2.75, 3.05) is 18.0 Å². The molecule has 2 atom stereocenters. The van der Waals surface area contributed by atoms with Crippen molar-refractivity contribution < 1.29 is 14.0 Å².